The van der Waals surface area contributed by atoms with Crippen LogP contribution in [0.2, 0.25) is 0 Å². The Labute approximate surface area is 204 Å². The third kappa shape index (κ3) is 6.59. The van der Waals surface area contributed by atoms with Crippen molar-refractivity contribution < 1.29 is 13.2 Å². The lowest BCUT2D eigenvalue weighted by molar-refractivity contribution is -0.121. The summed E-state index contributed by atoms with van der Waals surface area (Å²) >= 11 is 6.72. The van der Waals surface area contributed by atoms with E-state index in [-0.39, 0.29) is 18.0 Å². The third-order valence-electron chi connectivity index (χ3n) is 4.55. The molecule has 6 nitrogen and oxygen atoms in total. The molecule has 0 saturated heterocycles. The molecular formula is C23H21Br2N3O3S. The van der Waals surface area contributed by atoms with Crippen molar-refractivity contribution in [2.45, 2.75) is 18.4 Å². The zero-order valence-corrected chi connectivity index (χ0v) is 21.2. The second kappa shape index (κ2) is 11.0. The topological polar surface area (TPSA) is 78.8 Å². The Morgan fingerprint density at radius 3 is 2.31 bits per heavy atom. The van der Waals surface area contributed by atoms with Crippen molar-refractivity contribution in [3.8, 4) is 0 Å². The molecule has 3 rings (SSSR count). The van der Waals surface area contributed by atoms with E-state index in [9.17, 15) is 13.2 Å². The number of rotatable bonds is 8. The second-order valence-electron chi connectivity index (χ2n) is 7.03. The number of nitrogens with zero attached hydrogens (tertiary/aromatic N) is 2. The summed E-state index contributed by atoms with van der Waals surface area (Å²) in [5, 5.41) is 3.96. The van der Waals surface area contributed by atoms with Crippen molar-refractivity contribution in [3.05, 3.63) is 98.4 Å². The Hall–Kier alpha value is -2.33. The smallest absolute Gasteiger partial charge is 0.255 e. The third-order valence-corrected chi connectivity index (χ3v) is 7.61. The first-order valence-corrected chi connectivity index (χ1v) is 12.7. The molecule has 0 spiro atoms. The summed E-state index contributed by atoms with van der Waals surface area (Å²) in [6.45, 7) is 1.64. The number of nitrogens with one attached hydrogen (secondary N) is 1. The zero-order valence-electron chi connectivity index (χ0n) is 17.2. The number of aryl methyl sites for hydroxylation is 1. The fourth-order valence-corrected chi connectivity index (χ4v) is 4.86. The molecule has 1 N–H and O–H groups in total. The molecule has 0 heterocycles. The summed E-state index contributed by atoms with van der Waals surface area (Å²) < 4.78 is 29.3. The van der Waals surface area contributed by atoms with E-state index in [4.69, 9.17) is 0 Å². The maximum atomic E-state index is 13.3. The average Bonchev–Trinajstić information content (AvgIpc) is 2.76. The first-order chi connectivity index (χ1) is 15.3. The van der Waals surface area contributed by atoms with E-state index in [2.05, 4.69) is 42.4 Å². The van der Waals surface area contributed by atoms with Crippen molar-refractivity contribution in [1.29, 1.82) is 0 Å². The van der Waals surface area contributed by atoms with Gasteiger partial charge in [0, 0.05) is 21.1 Å². The molecule has 1 amide bonds. The lowest BCUT2D eigenvalue weighted by Crippen LogP contribution is -2.39. The van der Waals surface area contributed by atoms with E-state index in [1.165, 1.54) is 18.3 Å². The van der Waals surface area contributed by atoms with Crippen molar-refractivity contribution in [2.24, 2.45) is 5.10 Å². The fraction of sp³-hybridized carbons (Fsp3) is 0.130. The average molecular weight is 579 g/mol. The molecule has 0 aromatic heterocycles. The minimum absolute atomic E-state index is 0.0556. The molecule has 0 fully saturated rings. The normalized spacial score (nSPS) is 11.8. The van der Waals surface area contributed by atoms with Gasteiger partial charge in [-0.1, -0.05) is 79.9 Å². The lowest BCUT2D eigenvalue weighted by Gasteiger charge is -2.21. The van der Waals surface area contributed by atoms with Crippen LogP contribution in [0.3, 0.4) is 0 Å². The first-order valence-electron chi connectivity index (χ1n) is 9.63. The Morgan fingerprint density at radius 1 is 1.00 bits per heavy atom. The molecule has 3 aromatic carbocycles. The van der Waals surface area contributed by atoms with E-state index >= 15 is 0 Å². The van der Waals surface area contributed by atoms with Crippen LogP contribution >= 0.6 is 31.9 Å². The minimum atomic E-state index is -3.91. The Bertz CT molecular complexity index is 1210. The van der Waals surface area contributed by atoms with Crippen LogP contribution in [-0.2, 0) is 21.4 Å². The molecule has 0 aliphatic heterocycles. The summed E-state index contributed by atoms with van der Waals surface area (Å²) in [7, 11) is -3.91. The highest BCUT2D eigenvalue weighted by Gasteiger charge is 2.27. The van der Waals surface area contributed by atoms with Gasteiger partial charge in [-0.2, -0.15) is 9.41 Å². The number of hydrogen-bond acceptors (Lipinski definition) is 4. The summed E-state index contributed by atoms with van der Waals surface area (Å²) in [5.41, 5.74) is 5.04. The van der Waals surface area contributed by atoms with Crippen LogP contribution in [-0.4, -0.2) is 31.4 Å². The second-order valence-corrected chi connectivity index (χ2v) is 10.7. The molecule has 0 atom stereocenters. The predicted molar refractivity (Wildman–Crippen MR) is 133 cm³/mol. The fourth-order valence-electron chi connectivity index (χ4n) is 2.83. The summed E-state index contributed by atoms with van der Waals surface area (Å²) in [5.74, 6) is -0.541. The number of benzene rings is 3. The molecule has 0 radical (unpaired) electrons. The van der Waals surface area contributed by atoms with E-state index < -0.39 is 15.9 Å². The van der Waals surface area contributed by atoms with Gasteiger partial charge in [-0.3, -0.25) is 4.79 Å². The molecule has 32 heavy (non-hydrogen) atoms. The number of sulfonamides is 1. The maximum Gasteiger partial charge on any atom is 0.255 e. The van der Waals surface area contributed by atoms with E-state index in [1.807, 2.05) is 55.5 Å². The summed E-state index contributed by atoms with van der Waals surface area (Å²) in [4.78, 5) is 12.7. The largest absolute Gasteiger partial charge is 0.272 e. The number of carbonyl (C=O) groups is 1. The molecule has 3 aromatic rings. The Morgan fingerprint density at radius 2 is 1.66 bits per heavy atom. The summed E-state index contributed by atoms with van der Waals surface area (Å²) in [6, 6.07) is 21.2. The highest BCUT2D eigenvalue weighted by atomic mass is 79.9. The van der Waals surface area contributed by atoms with Gasteiger partial charge in [0.2, 0.25) is 10.0 Å². The maximum absolute atomic E-state index is 13.3. The lowest BCUT2D eigenvalue weighted by atomic mass is 10.1. The number of amides is 1. The molecule has 0 aliphatic rings. The van der Waals surface area contributed by atoms with Crippen molar-refractivity contribution in [1.82, 2.24) is 9.73 Å². The van der Waals surface area contributed by atoms with Gasteiger partial charge in [0.15, 0.2) is 0 Å². The predicted octanol–water partition coefficient (Wildman–Crippen LogP) is 4.86. The van der Waals surface area contributed by atoms with Gasteiger partial charge in [0.05, 0.1) is 17.7 Å². The molecule has 0 aliphatic carbocycles. The molecule has 0 bridgehead atoms. The van der Waals surface area contributed by atoms with Crippen LogP contribution in [0.5, 0.6) is 0 Å². The number of halogens is 2. The zero-order chi connectivity index (χ0) is 23.1. The highest BCUT2D eigenvalue weighted by molar-refractivity contribution is 9.10. The van der Waals surface area contributed by atoms with Gasteiger partial charge < -0.3 is 0 Å². The molecule has 9 heteroatoms. The van der Waals surface area contributed by atoms with Crippen molar-refractivity contribution in [2.75, 3.05) is 6.54 Å². The van der Waals surface area contributed by atoms with E-state index in [0.717, 1.165) is 29.9 Å². The molecule has 166 valence electrons. The van der Waals surface area contributed by atoms with Crippen LogP contribution in [0.25, 0.3) is 0 Å². The van der Waals surface area contributed by atoms with Crippen LogP contribution in [0.1, 0.15) is 16.7 Å². The van der Waals surface area contributed by atoms with Crippen molar-refractivity contribution >= 4 is 54.0 Å². The van der Waals surface area contributed by atoms with E-state index in [0.29, 0.717) is 0 Å². The number of carbonyl (C=O) groups excluding carboxylic acids is 1. The van der Waals surface area contributed by atoms with Gasteiger partial charge in [-0.15, -0.1) is 0 Å². The van der Waals surface area contributed by atoms with Gasteiger partial charge >= 0.3 is 0 Å². The van der Waals surface area contributed by atoms with Gasteiger partial charge in [0.25, 0.3) is 5.91 Å². The highest BCUT2D eigenvalue weighted by Crippen LogP contribution is 2.21. The van der Waals surface area contributed by atoms with Crippen molar-refractivity contribution in [3.63, 3.8) is 0 Å². The quantitative estimate of drug-likeness (QED) is 0.306. The van der Waals surface area contributed by atoms with Crippen LogP contribution in [0.15, 0.2) is 91.7 Å². The molecular weight excluding hydrogens is 558 g/mol. The van der Waals surface area contributed by atoms with Crippen LogP contribution in [0.4, 0.5) is 0 Å². The van der Waals surface area contributed by atoms with Gasteiger partial charge in [-0.05, 0) is 42.8 Å². The number of hydrazone groups is 1. The monoisotopic (exact) mass is 577 g/mol. The Balaban J connectivity index is 1.80. The van der Waals surface area contributed by atoms with Gasteiger partial charge in [0.1, 0.15) is 0 Å². The Kier molecular flexibility index (Phi) is 8.36. The first kappa shape index (κ1) is 24.3. The van der Waals surface area contributed by atoms with Crippen LogP contribution < -0.4 is 5.43 Å². The molecule has 0 unspecified atom stereocenters. The molecule has 0 saturated carbocycles. The standard InChI is InChI=1S/C23H21Br2N3O3S/c1-17-6-8-18(9-7-17)15-28(32(30,31)21-12-10-20(24)11-13-21)16-23(29)27-26-14-19-4-2-3-5-22(19)25/h2-14H,15-16H2,1H3,(H,27,29)/b26-14-. The van der Waals surface area contributed by atoms with Crippen LogP contribution in [0, 0.1) is 6.92 Å². The minimum Gasteiger partial charge on any atom is -0.272 e. The van der Waals surface area contributed by atoms with Gasteiger partial charge in [-0.25, -0.2) is 13.8 Å². The number of hydrogen-bond donors (Lipinski definition) is 1. The van der Waals surface area contributed by atoms with E-state index in [1.54, 1.807) is 12.1 Å². The SMILES string of the molecule is Cc1ccc(CN(CC(=O)N/N=C\c2ccccc2Br)S(=O)(=O)c2ccc(Br)cc2)cc1. The summed E-state index contributed by atoms with van der Waals surface area (Å²) in [6.07, 6.45) is 1.50.